The van der Waals surface area contributed by atoms with Gasteiger partial charge in [0.2, 0.25) is 5.91 Å². The lowest BCUT2D eigenvalue weighted by Crippen LogP contribution is -2.39. The smallest absolute Gasteiger partial charge is 0.324 e. The lowest BCUT2D eigenvalue weighted by atomic mass is 9.98. The molecule has 0 bridgehead atoms. The van der Waals surface area contributed by atoms with Crippen molar-refractivity contribution in [3.8, 4) is 11.8 Å². The number of nitriles is 1. The normalized spacial score (nSPS) is 11.5. The first kappa shape index (κ1) is 23.7. The summed E-state index contributed by atoms with van der Waals surface area (Å²) in [6.07, 6.45) is 0.122. The zero-order valence-electron chi connectivity index (χ0n) is 18.6. The van der Waals surface area contributed by atoms with Crippen molar-refractivity contribution in [2.24, 2.45) is 0 Å². The predicted octanol–water partition coefficient (Wildman–Crippen LogP) is 4.02. The number of amides is 1. The maximum atomic E-state index is 13.4. The van der Waals surface area contributed by atoms with E-state index in [0.717, 1.165) is 10.8 Å². The summed E-state index contributed by atoms with van der Waals surface area (Å²) >= 11 is 0. The molecule has 0 saturated carbocycles. The molecule has 8 heteroatoms. The van der Waals surface area contributed by atoms with E-state index in [0.29, 0.717) is 22.4 Å². The minimum Gasteiger partial charge on any atom is -0.495 e. The third kappa shape index (κ3) is 5.27. The van der Waals surface area contributed by atoms with Crippen molar-refractivity contribution in [2.75, 3.05) is 14.2 Å². The summed E-state index contributed by atoms with van der Waals surface area (Å²) in [5.41, 5.74) is 3.98. The minimum atomic E-state index is -1.05. The lowest BCUT2D eigenvalue weighted by molar-refractivity contribution is -0.156. The third-order valence-electron chi connectivity index (χ3n) is 5.23. The van der Waals surface area contributed by atoms with Crippen LogP contribution in [0.25, 0.3) is 10.8 Å². The summed E-state index contributed by atoms with van der Waals surface area (Å²) < 4.78 is 18.9. The van der Waals surface area contributed by atoms with Crippen molar-refractivity contribution in [1.82, 2.24) is 10.4 Å². The number of fused-ring (bicyclic) bond motifs is 1. The largest absolute Gasteiger partial charge is 0.495 e. The van der Waals surface area contributed by atoms with Gasteiger partial charge in [-0.25, -0.2) is 4.39 Å². The minimum absolute atomic E-state index is 0.122. The standard InChI is InChI=1S/C25H24FN3O4/c1-4-22(30)33-28-23(16-9-11-19(26)12-10-16)25(31)29(2)15-21-20-8-6-5-7-17(20)13-18(14-27)24(21)32-3/h5-13,23,28H,4,15H2,1-3H3. The SMILES string of the molecule is CCC(=O)ONC(C(=O)N(C)Cc1c(OC)c(C#N)cc2ccccc12)c1ccc(F)cc1. The van der Waals surface area contributed by atoms with E-state index in [1.165, 1.54) is 36.3 Å². The first-order valence-electron chi connectivity index (χ1n) is 10.3. The number of nitrogens with zero attached hydrogens (tertiary/aromatic N) is 2. The molecule has 0 aliphatic rings. The molecule has 1 atom stereocenters. The van der Waals surface area contributed by atoms with Crippen LogP contribution in [0.5, 0.6) is 5.75 Å². The van der Waals surface area contributed by atoms with Crippen molar-refractivity contribution in [3.05, 3.63) is 77.1 Å². The lowest BCUT2D eigenvalue weighted by Gasteiger charge is -2.26. The number of carbonyl (C=O) groups excluding carboxylic acids is 2. The Hall–Kier alpha value is -3.96. The number of halogens is 1. The van der Waals surface area contributed by atoms with Gasteiger partial charge in [0.1, 0.15) is 23.7 Å². The van der Waals surface area contributed by atoms with Gasteiger partial charge in [-0.2, -0.15) is 5.26 Å². The Morgan fingerprint density at radius 1 is 1.18 bits per heavy atom. The van der Waals surface area contributed by atoms with Crippen LogP contribution in [0.4, 0.5) is 4.39 Å². The molecule has 0 aliphatic carbocycles. The first-order valence-corrected chi connectivity index (χ1v) is 10.3. The number of hydroxylamine groups is 1. The van der Waals surface area contributed by atoms with Gasteiger partial charge in [-0.05, 0) is 34.5 Å². The fraction of sp³-hybridized carbons (Fsp3) is 0.240. The van der Waals surface area contributed by atoms with Crippen LogP contribution in [0.1, 0.15) is 36.1 Å². The van der Waals surface area contributed by atoms with E-state index in [2.05, 4.69) is 11.5 Å². The number of ether oxygens (including phenoxy) is 1. The molecule has 0 spiro atoms. The Kier molecular flexibility index (Phi) is 7.59. The molecule has 0 radical (unpaired) electrons. The number of rotatable bonds is 8. The second kappa shape index (κ2) is 10.6. The van der Waals surface area contributed by atoms with Gasteiger partial charge < -0.3 is 14.5 Å². The zero-order valence-corrected chi connectivity index (χ0v) is 18.6. The van der Waals surface area contributed by atoms with E-state index in [1.807, 2.05) is 24.3 Å². The molecule has 0 heterocycles. The molecule has 170 valence electrons. The molecular formula is C25H24FN3O4. The average molecular weight is 449 g/mol. The molecule has 7 nitrogen and oxygen atoms in total. The molecule has 3 aromatic carbocycles. The van der Waals surface area contributed by atoms with Crippen LogP contribution in [0.2, 0.25) is 0 Å². The highest BCUT2D eigenvalue weighted by atomic mass is 19.1. The van der Waals surface area contributed by atoms with E-state index >= 15 is 0 Å². The monoisotopic (exact) mass is 449 g/mol. The van der Waals surface area contributed by atoms with Crippen LogP contribution in [0, 0.1) is 17.1 Å². The van der Waals surface area contributed by atoms with Gasteiger partial charge in [0.25, 0.3) is 0 Å². The molecule has 0 saturated heterocycles. The molecule has 33 heavy (non-hydrogen) atoms. The Bertz CT molecular complexity index is 1200. The van der Waals surface area contributed by atoms with Crippen molar-refractivity contribution in [3.63, 3.8) is 0 Å². The van der Waals surface area contributed by atoms with Gasteiger partial charge >= 0.3 is 5.97 Å². The van der Waals surface area contributed by atoms with Crippen LogP contribution in [0.3, 0.4) is 0 Å². The summed E-state index contributed by atoms with van der Waals surface area (Å²) in [4.78, 5) is 31.5. The van der Waals surface area contributed by atoms with Crippen LogP contribution in [-0.4, -0.2) is 30.9 Å². The highest BCUT2D eigenvalue weighted by Crippen LogP contribution is 2.33. The maximum Gasteiger partial charge on any atom is 0.324 e. The average Bonchev–Trinajstić information content (AvgIpc) is 2.84. The summed E-state index contributed by atoms with van der Waals surface area (Å²) in [6.45, 7) is 1.75. The molecule has 0 aliphatic heterocycles. The molecular weight excluding hydrogens is 425 g/mol. The van der Waals surface area contributed by atoms with Gasteiger partial charge in [-0.3, -0.25) is 9.59 Å². The number of hydrogen-bond acceptors (Lipinski definition) is 6. The van der Waals surface area contributed by atoms with Gasteiger partial charge in [-0.15, -0.1) is 5.48 Å². The van der Waals surface area contributed by atoms with Gasteiger partial charge in [0.15, 0.2) is 0 Å². The maximum absolute atomic E-state index is 13.4. The van der Waals surface area contributed by atoms with Crippen molar-refractivity contribution < 1.29 is 23.6 Å². The van der Waals surface area contributed by atoms with Crippen LogP contribution in [0.15, 0.2) is 54.6 Å². The molecule has 1 N–H and O–H groups in total. The van der Waals surface area contributed by atoms with Crippen molar-refractivity contribution >= 4 is 22.6 Å². The van der Waals surface area contributed by atoms with Gasteiger partial charge in [0, 0.05) is 25.6 Å². The highest BCUT2D eigenvalue weighted by molar-refractivity contribution is 5.91. The van der Waals surface area contributed by atoms with Crippen LogP contribution >= 0.6 is 0 Å². The van der Waals surface area contributed by atoms with Crippen molar-refractivity contribution in [2.45, 2.75) is 25.9 Å². The number of methoxy groups -OCH3 is 1. The summed E-state index contributed by atoms with van der Waals surface area (Å²) in [6, 6.07) is 15.7. The fourth-order valence-corrected chi connectivity index (χ4v) is 3.53. The van der Waals surface area contributed by atoms with Crippen LogP contribution < -0.4 is 10.2 Å². The summed E-state index contributed by atoms with van der Waals surface area (Å²) in [5, 5.41) is 11.3. The highest BCUT2D eigenvalue weighted by Gasteiger charge is 2.27. The Morgan fingerprint density at radius 2 is 1.88 bits per heavy atom. The van der Waals surface area contributed by atoms with Crippen LogP contribution in [-0.2, 0) is 21.0 Å². The van der Waals surface area contributed by atoms with E-state index in [-0.39, 0.29) is 13.0 Å². The number of carbonyl (C=O) groups is 2. The van der Waals surface area contributed by atoms with Crippen molar-refractivity contribution in [1.29, 1.82) is 5.26 Å². The van der Waals surface area contributed by atoms with E-state index in [1.54, 1.807) is 20.0 Å². The molecule has 0 fully saturated rings. The third-order valence-corrected chi connectivity index (χ3v) is 5.23. The molecule has 3 aromatic rings. The number of hydrogen-bond donors (Lipinski definition) is 1. The first-order chi connectivity index (χ1) is 15.9. The molecule has 0 aromatic heterocycles. The second-order valence-electron chi connectivity index (χ2n) is 7.39. The topological polar surface area (TPSA) is 91.7 Å². The second-order valence-corrected chi connectivity index (χ2v) is 7.39. The molecule has 1 unspecified atom stereocenters. The number of likely N-dealkylation sites (N-methyl/N-ethyl adjacent to an activating group) is 1. The Balaban J connectivity index is 1.97. The molecule has 1 amide bonds. The van der Waals surface area contributed by atoms with E-state index in [4.69, 9.17) is 9.57 Å². The quantitative estimate of drug-likeness (QED) is 0.523. The summed E-state index contributed by atoms with van der Waals surface area (Å²) in [5.74, 6) is -1.01. The van der Waals surface area contributed by atoms with Gasteiger partial charge in [-0.1, -0.05) is 43.3 Å². The zero-order chi connectivity index (χ0) is 24.0. The number of nitrogens with one attached hydrogen (secondary N) is 1. The van der Waals surface area contributed by atoms with Gasteiger partial charge in [0.05, 0.1) is 12.7 Å². The van der Waals surface area contributed by atoms with E-state index in [9.17, 15) is 19.2 Å². The Labute approximate surface area is 191 Å². The number of benzene rings is 3. The predicted molar refractivity (Wildman–Crippen MR) is 120 cm³/mol. The fourth-order valence-electron chi connectivity index (χ4n) is 3.53. The molecule has 3 rings (SSSR count). The van der Waals surface area contributed by atoms with E-state index < -0.39 is 23.7 Å². The summed E-state index contributed by atoms with van der Waals surface area (Å²) in [7, 11) is 3.07. The Morgan fingerprint density at radius 3 is 2.52 bits per heavy atom.